The van der Waals surface area contributed by atoms with E-state index >= 15 is 0 Å². The Hall–Kier alpha value is -2.74. The Labute approximate surface area is 166 Å². The summed E-state index contributed by atoms with van der Waals surface area (Å²) in [5.41, 5.74) is 0.688. The Morgan fingerprint density at radius 3 is 2.66 bits per heavy atom. The van der Waals surface area contributed by atoms with Crippen LogP contribution in [0.3, 0.4) is 0 Å². The van der Waals surface area contributed by atoms with Gasteiger partial charge in [-0.3, -0.25) is 4.79 Å². The number of fused-ring (bicyclic) bond motifs is 1. The number of benzene rings is 2. The highest BCUT2D eigenvalue weighted by Gasteiger charge is 2.32. The van der Waals surface area contributed by atoms with Gasteiger partial charge in [-0.2, -0.15) is 0 Å². The first-order chi connectivity index (χ1) is 14.0. The molecule has 2 N–H and O–H groups in total. The molecule has 1 unspecified atom stereocenters. The Morgan fingerprint density at radius 1 is 1.03 bits per heavy atom. The van der Waals surface area contributed by atoms with Crippen LogP contribution in [0.1, 0.15) is 30.9 Å². The Kier molecular flexibility index (Phi) is 5.62. The molecule has 1 amide bonds. The van der Waals surface area contributed by atoms with Crippen LogP contribution in [-0.2, 0) is 4.79 Å². The fraction of sp³-hybridized carbons (Fsp3) is 0.381. The average molecular weight is 407 g/mol. The molecule has 29 heavy (non-hydrogen) atoms. The third kappa shape index (κ3) is 4.17. The van der Waals surface area contributed by atoms with Crippen molar-refractivity contribution in [2.75, 3.05) is 31.6 Å². The van der Waals surface area contributed by atoms with Gasteiger partial charge in [-0.05, 0) is 30.3 Å². The Balaban J connectivity index is 1.46. The number of carbonyl (C=O) groups is 1. The summed E-state index contributed by atoms with van der Waals surface area (Å²) in [6, 6.07) is 7.74. The van der Waals surface area contributed by atoms with Crippen molar-refractivity contribution in [1.29, 1.82) is 0 Å². The SMILES string of the molecule is O=C(C[NH+]1CCC[C@H]1c1ccc2c(c1)OCCCO2)Nc1ccc(F)c(F)c1F. The van der Waals surface area contributed by atoms with Gasteiger partial charge in [0.15, 0.2) is 35.5 Å². The number of quaternary nitrogens is 1. The highest BCUT2D eigenvalue weighted by molar-refractivity contribution is 5.91. The van der Waals surface area contributed by atoms with Crippen molar-refractivity contribution in [3.8, 4) is 11.5 Å². The largest absolute Gasteiger partial charge is 0.490 e. The monoisotopic (exact) mass is 407 g/mol. The lowest BCUT2D eigenvalue weighted by atomic mass is 10.0. The molecule has 4 rings (SSSR count). The van der Waals surface area contributed by atoms with Gasteiger partial charge in [-0.25, -0.2) is 13.2 Å². The van der Waals surface area contributed by atoms with E-state index in [9.17, 15) is 18.0 Å². The summed E-state index contributed by atoms with van der Waals surface area (Å²) in [6.07, 6.45) is 2.68. The minimum Gasteiger partial charge on any atom is -0.490 e. The summed E-state index contributed by atoms with van der Waals surface area (Å²) in [4.78, 5) is 13.4. The fourth-order valence-corrected chi connectivity index (χ4v) is 3.95. The molecule has 1 fully saturated rings. The van der Waals surface area contributed by atoms with Gasteiger partial charge in [-0.15, -0.1) is 0 Å². The maximum absolute atomic E-state index is 13.8. The van der Waals surface area contributed by atoms with Gasteiger partial charge in [0.25, 0.3) is 5.91 Å². The van der Waals surface area contributed by atoms with E-state index in [-0.39, 0.29) is 18.3 Å². The second kappa shape index (κ2) is 8.32. The number of likely N-dealkylation sites (tertiary alicyclic amines) is 1. The van der Waals surface area contributed by atoms with Gasteiger partial charge in [0.2, 0.25) is 0 Å². The van der Waals surface area contributed by atoms with Crippen LogP contribution in [-0.4, -0.2) is 32.2 Å². The molecule has 0 saturated carbocycles. The van der Waals surface area contributed by atoms with Crippen LogP contribution in [0.4, 0.5) is 18.9 Å². The molecule has 0 bridgehead atoms. The van der Waals surface area contributed by atoms with E-state index in [1.807, 2.05) is 18.2 Å². The number of hydrogen-bond acceptors (Lipinski definition) is 3. The predicted molar refractivity (Wildman–Crippen MR) is 99.7 cm³/mol. The maximum atomic E-state index is 13.8. The zero-order chi connectivity index (χ0) is 20.4. The van der Waals surface area contributed by atoms with E-state index < -0.39 is 23.4 Å². The van der Waals surface area contributed by atoms with Crippen LogP contribution in [0.2, 0.25) is 0 Å². The number of ether oxygens (including phenoxy) is 2. The minimum atomic E-state index is -1.60. The Bertz CT molecular complexity index is 922. The molecule has 2 heterocycles. The molecule has 0 aliphatic carbocycles. The summed E-state index contributed by atoms with van der Waals surface area (Å²) in [6.45, 7) is 2.10. The zero-order valence-electron chi connectivity index (χ0n) is 15.8. The van der Waals surface area contributed by atoms with Crippen LogP contribution in [0.15, 0.2) is 30.3 Å². The van der Waals surface area contributed by atoms with Crippen molar-refractivity contribution in [2.24, 2.45) is 0 Å². The molecular formula is C21H22F3N2O3+. The lowest BCUT2D eigenvalue weighted by Crippen LogP contribution is -3.11. The first-order valence-corrected chi connectivity index (χ1v) is 9.70. The second-order valence-corrected chi connectivity index (χ2v) is 7.31. The van der Waals surface area contributed by atoms with Crippen molar-refractivity contribution >= 4 is 11.6 Å². The van der Waals surface area contributed by atoms with Crippen LogP contribution in [0.25, 0.3) is 0 Å². The van der Waals surface area contributed by atoms with E-state index in [0.717, 1.165) is 54.2 Å². The van der Waals surface area contributed by atoms with Gasteiger partial charge in [-0.1, -0.05) is 0 Å². The lowest BCUT2D eigenvalue weighted by Gasteiger charge is -2.22. The van der Waals surface area contributed by atoms with Crippen molar-refractivity contribution in [3.05, 3.63) is 53.3 Å². The van der Waals surface area contributed by atoms with E-state index in [0.29, 0.717) is 19.0 Å². The summed E-state index contributed by atoms with van der Waals surface area (Å²) in [7, 11) is 0. The van der Waals surface area contributed by atoms with E-state index in [1.165, 1.54) is 0 Å². The quantitative estimate of drug-likeness (QED) is 0.767. The van der Waals surface area contributed by atoms with Gasteiger partial charge >= 0.3 is 0 Å². The normalized spacial score (nSPS) is 20.9. The minimum absolute atomic E-state index is 0.0905. The number of anilines is 1. The molecule has 0 radical (unpaired) electrons. The summed E-state index contributed by atoms with van der Waals surface area (Å²) in [5, 5.41) is 2.35. The zero-order valence-corrected chi connectivity index (χ0v) is 15.8. The lowest BCUT2D eigenvalue weighted by molar-refractivity contribution is -0.910. The van der Waals surface area contributed by atoms with Crippen LogP contribution in [0.5, 0.6) is 11.5 Å². The topological polar surface area (TPSA) is 52.0 Å². The average Bonchev–Trinajstić information content (AvgIpc) is 3.03. The molecule has 1 saturated heterocycles. The van der Waals surface area contributed by atoms with Crippen molar-refractivity contribution < 1.29 is 32.3 Å². The van der Waals surface area contributed by atoms with Crippen LogP contribution >= 0.6 is 0 Å². The predicted octanol–water partition coefficient (Wildman–Crippen LogP) is 2.62. The smallest absolute Gasteiger partial charge is 0.279 e. The molecule has 0 aromatic heterocycles. The molecule has 2 aliphatic heterocycles. The number of nitrogens with one attached hydrogen (secondary N) is 2. The van der Waals surface area contributed by atoms with Crippen LogP contribution in [0, 0.1) is 17.5 Å². The summed E-state index contributed by atoms with van der Waals surface area (Å²) < 4.78 is 51.7. The molecule has 0 spiro atoms. The molecule has 2 aromatic rings. The fourth-order valence-electron chi connectivity index (χ4n) is 3.95. The van der Waals surface area contributed by atoms with E-state index in [1.54, 1.807) is 0 Å². The number of hydrogen-bond donors (Lipinski definition) is 2. The molecular weight excluding hydrogens is 385 g/mol. The van der Waals surface area contributed by atoms with Gasteiger partial charge < -0.3 is 19.7 Å². The van der Waals surface area contributed by atoms with Crippen molar-refractivity contribution in [1.82, 2.24) is 0 Å². The summed E-state index contributed by atoms with van der Waals surface area (Å²) >= 11 is 0. The molecule has 8 heteroatoms. The molecule has 2 aromatic carbocycles. The van der Waals surface area contributed by atoms with Crippen LogP contribution < -0.4 is 19.7 Å². The van der Waals surface area contributed by atoms with Gasteiger partial charge in [0.05, 0.1) is 25.4 Å². The van der Waals surface area contributed by atoms with Crippen molar-refractivity contribution in [2.45, 2.75) is 25.3 Å². The first kappa shape index (κ1) is 19.6. The number of amides is 1. The molecule has 2 aliphatic rings. The number of carbonyl (C=O) groups excluding carboxylic acids is 1. The molecule has 2 atom stereocenters. The standard InChI is InChI=1S/C21H21F3N2O3/c22-14-5-6-15(21(24)20(14)23)25-19(27)12-26-8-1-3-16(26)13-4-7-17-18(11-13)29-10-2-9-28-17/h4-7,11,16H,1-3,8-10,12H2,(H,25,27)/p+1/t16-/m0/s1. The first-order valence-electron chi connectivity index (χ1n) is 9.70. The molecule has 5 nitrogen and oxygen atoms in total. The third-order valence-electron chi connectivity index (χ3n) is 5.35. The van der Waals surface area contributed by atoms with Gasteiger partial charge in [0.1, 0.15) is 6.04 Å². The van der Waals surface area contributed by atoms with E-state index in [2.05, 4.69) is 5.32 Å². The second-order valence-electron chi connectivity index (χ2n) is 7.31. The molecule has 154 valence electrons. The third-order valence-corrected chi connectivity index (χ3v) is 5.35. The highest BCUT2D eigenvalue weighted by atomic mass is 19.2. The van der Waals surface area contributed by atoms with E-state index in [4.69, 9.17) is 9.47 Å². The number of halogens is 3. The van der Waals surface area contributed by atoms with Crippen molar-refractivity contribution in [3.63, 3.8) is 0 Å². The van der Waals surface area contributed by atoms with Gasteiger partial charge in [0, 0.05) is 24.8 Å². The maximum Gasteiger partial charge on any atom is 0.279 e. The summed E-state index contributed by atoms with van der Waals surface area (Å²) in [5.74, 6) is -3.31. The Morgan fingerprint density at radius 2 is 1.83 bits per heavy atom. The number of rotatable bonds is 4. The highest BCUT2D eigenvalue weighted by Crippen LogP contribution is 2.33.